The van der Waals surface area contributed by atoms with E-state index in [2.05, 4.69) is 5.32 Å². The molecule has 1 saturated carbocycles. The molecule has 1 aliphatic carbocycles. The molecule has 130 valence electrons. The number of amides is 3. The number of nitrogens with one attached hydrogen (secondary N) is 1. The number of aliphatic hydroxyl groups is 1. The van der Waals surface area contributed by atoms with Crippen LogP contribution in [0.25, 0.3) is 0 Å². The first-order valence-electron chi connectivity index (χ1n) is 7.75. The molecule has 0 aromatic rings. The van der Waals surface area contributed by atoms with Gasteiger partial charge in [0.2, 0.25) is 11.6 Å². The Bertz CT molecular complexity index is 541. The van der Waals surface area contributed by atoms with Gasteiger partial charge in [-0.15, -0.1) is 0 Å². The predicted octanol–water partition coefficient (Wildman–Crippen LogP) is -0.184. The van der Waals surface area contributed by atoms with Gasteiger partial charge >= 0.3 is 0 Å². The Balaban J connectivity index is 2.23. The van der Waals surface area contributed by atoms with Crippen molar-refractivity contribution in [2.75, 3.05) is 6.54 Å². The van der Waals surface area contributed by atoms with Crippen LogP contribution in [0.5, 0.6) is 0 Å². The molecular formula is C15H24FN3O4. The number of hydrogen-bond acceptors (Lipinski definition) is 4. The summed E-state index contributed by atoms with van der Waals surface area (Å²) in [5, 5.41) is 12.8. The zero-order valence-electron chi connectivity index (χ0n) is 13.7. The van der Waals surface area contributed by atoms with Crippen molar-refractivity contribution in [3.8, 4) is 0 Å². The van der Waals surface area contributed by atoms with Crippen LogP contribution < -0.4 is 11.1 Å². The second kappa shape index (κ2) is 5.43. The third kappa shape index (κ3) is 3.17. The number of halogens is 1. The van der Waals surface area contributed by atoms with Crippen molar-refractivity contribution in [2.45, 2.75) is 63.9 Å². The van der Waals surface area contributed by atoms with Crippen LogP contribution in [0.15, 0.2) is 0 Å². The van der Waals surface area contributed by atoms with Gasteiger partial charge in [0.1, 0.15) is 6.04 Å². The number of rotatable bonds is 4. The minimum absolute atomic E-state index is 0.0476. The van der Waals surface area contributed by atoms with Crippen molar-refractivity contribution < 1.29 is 23.9 Å². The molecule has 4 N–H and O–H groups in total. The number of likely N-dealkylation sites (tertiary alicyclic amines) is 1. The van der Waals surface area contributed by atoms with Gasteiger partial charge < -0.3 is 21.1 Å². The maximum atomic E-state index is 13.9. The molecule has 7 nitrogen and oxygen atoms in total. The van der Waals surface area contributed by atoms with E-state index in [1.807, 2.05) is 0 Å². The lowest BCUT2D eigenvalue weighted by Crippen LogP contribution is -2.63. The standard InChI is InChI=1S/C15H24FN3O4/c1-13(2,3)9(18-12(22)14(16)6-7-14)10(20)19-8-4-5-15(19,23)11(17)21/h9,23H,4-8H2,1-3H3,(H2,17,21)(H,18,22)/t9-,15?/m1/s1. The number of carbonyl (C=O) groups is 3. The number of nitrogens with two attached hydrogens (primary N) is 1. The van der Waals surface area contributed by atoms with Crippen LogP contribution in [0.1, 0.15) is 46.5 Å². The Hall–Kier alpha value is -1.70. The summed E-state index contributed by atoms with van der Waals surface area (Å²) in [7, 11) is 0. The number of hydrogen-bond donors (Lipinski definition) is 3. The molecule has 2 aliphatic rings. The molecule has 0 aromatic carbocycles. The summed E-state index contributed by atoms with van der Waals surface area (Å²) in [6.45, 7) is 5.30. The van der Waals surface area contributed by atoms with Gasteiger partial charge in [-0.05, 0) is 24.7 Å². The summed E-state index contributed by atoms with van der Waals surface area (Å²) >= 11 is 0. The minimum Gasteiger partial charge on any atom is -0.365 e. The van der Waals surface area contributed by atoms with Crippen LogP contribution in [0.2, 0.25) is 0 Å². The van der Waals surface area contributed by atoms with Crippen molar-refractivity contribution in [1.29, 1.82) is 0 Å². The largest absolute Gasteiger partial charge is 0.365 e. The smallest absolute Gasteiger partial charge is 0.270 e. The minimum atomic E-state index is -2.06. The summed E-state index contributed by atoms with van der Waals surface area (Å²) in [5.41, 5.74) is 0.531. The second-order valence-corrected chi connectivity index (χ2v) is 7.51. The first-order chi connectivity index (χ1) is 10.4. The van der Waals surface area contributed by atoms with E-state index in [1.54, 1.807) is 20.8 Å². The van der Waals surface area contributed by atoms with Gasteiger partial charge in [0.25, 0.3) is 11.8 Å². The first-order valence-corrected chi connectivity index (χ1v) is 7.75. The summed E-state index contributed by atoms with van der Waals surface area (Å²) in [4.78, 5) is 37.3. The SMILES string of the molecule is CC(C)(C)[C@H](NC(=O)C1(F)CC1)C(=O)N1CCCC1(O)C(N)=O. The molecule has 2 atom stereocenters. The highest BCUT2D eigenvalue weighted by atomic mass is 19.1. The zero-order chi connectivity index (χ0) is 17.6. The van der Waals surface area contributed by atoms with Crippen molar-refractivity contribution >= 4 is 17.7 Å². The molecule has 3 amide bonds. The van der Waals surface area contributed by atoms with E-state index in [0.717, 1.165) is 4.90 Å². The Labute approximate surface area is 134 Å². The van der Waals surface area contributed by atoms with E-state index >= 15 is 0 Å². The second-order valence-electron chi connectivity index (χ2n) is 7.51. The van der Waals surface area contributed by atoms with Gasteiger partial charge in [-0.1, -0.05) is 20.8 Å². The Morgan fingerprint density at radius 1 is 1.26 bits per heavy atom. The van der Waals surface area contributed by atoms with Crippen LogP contribution in [0, 0.1) is 5.41 Å². The highest BCUT2D eigenvalue weighted by molar-refractivity contribution is 5.96. The van der Waals surface area contributed by atoms with E-state index in [9.17, 15) is 23.9 Å². The molecule has 0 bridgehead atoms. The van der Waals surface area contributed by atoms with E-state index in [0.29, 0.717) is 6.42 Å². The molecular weight excluding hydrogens is 305 g/mol. The Kier molecular flexibility index (Phi) is 4.17. The maximum Gasteiger partial charge on any atom is 0.270 e. The maximum absolute atomic E-state index is 13.9. The molecule has 1 aliphatic heterocycles. The summed E-state index contributed by atoms with van der Waals surface area (Å²) in [6, 6.07) is -1.06. The third-order valence-corrected chi connectivity index (χ3v) is 4.50. The lowest BCUT2D eigenvalue weighted by molar-refractivity contribution is -0.169. The number of primary amides is 1. The molecule has 1 saturated heterocycles. The van der Waals surface area contributed by atoms with Crippen LogP contribution >= 0.6 is 0 Å². The molecule has 23 heavy (non-hydrogen) atoms. The molecule has 2 fully saturated rings. The van der Waals surface area contributed by atoms with Gasteiger partial charge in [-0.3, -0.25) is 14.4 Å². The van der Waals surface area contributed by atoms with E-state index in [-0.39, 0.29) is 25.8 Å². The zero-order valence-corrected chi connectivity index (χ0v) is 13.7. The van der Waals surface area contributed by atoms with E-state index in [4.69, 9.17) is 5.73 Å². The van der Waals surface area contributed by atoms with Gasteiger partial charge in [-0.25, -0.2) is 4.39 Å². The average Bonchev–Trinajstić information content (AvgIpc) is 3.04. The summed E-state index contributed by atoms with van der Waals surface area (Å²) in [6.07, 6.45) is 0.743. The fraction of sp³-hybridized carbons (Fsp3) is 0.800. The number of nitrogens with zero attached hydrogens (tertiary/aromatic N) is 1. The quantitative estimate of drug-likeness (QED) is 0.664. The van der Waals surface area contributed by atoms with E-state index < -0.39 is 40.6 Å². The van der Waals surface area contributed by atoms with Gasteiger partial charge in [0.05, 0.1) is 0 Å². The summed E-state index contributed by atoms with van der Waals surface area (Å²) < 4.78 is 13.9. The number of carbonyl (C=O) groups excluding carboxylic acids is 3. The fourth-order valence-corrected chi connectivity index (χ4v) is 2.75. The lowest BCUT2D eigenvalue weighted by atomic mass is 9.85. The monoisotopic (exact) mass is 329 g/mol. The topological polar surface area (TPSA) is 113 Å². The molecule has 0 radical (unpaired) electrons. The first kappa shape index (κ1) is 17.7. The van der Waals surface area contributed by atoms with Gasteiger partial charge in [0.15, 0.2) is 5.67 Å². The lowest BCUT2D eigenvalue weighted by Gasteiger charge is -2.38. The van der Waals surface area contributed by atoms with E-state index in [1.165, 1.54) is 0 Å². The molecule has 2 rings (SSSR count). The van der Waals surface area contributed by atoms with Crippen molar-refractivity contribution in [1.82, 2.24) is 10.2 Å². The summed E-state index contributed by atoms with van der Waals surface area (Å²) in [5.74, 6) is -2.46. The molecule has 8 heteroatoms. The van der Waals surface area contributed by atoms with Crippen LogP contribution in [-0.2, 0) is 14.4 Å². The highest BCUT2D eigenvalue weighted by Crippen LogP contribution is 2.40. The predicted molar refractivity (Wildman–Crippen MR) is 79.5 cm³/mol. The number of alkyl halides is 1. The molecule has 1 heterocycles. The average molecular weight is 329 g/mol. The van der Waals surface area contributed by atoms with Crippen molar-refractivity contribution in [2.24, 2.45) is 11.1 Å². The van der Waals surface area contributed by atoms with Gasteiger partial charge in [-0.2, -0.15) is 0 Å². The molecule has 0 spiro atoms. The third-order valence-electron chi connectivity index (χ3n) is 4.50. The normalized spacial score (nSPS) is 27.4. The van der Waals surface area contributed by atoms with Gasteiger partial charge in [0, 0.05) is 13.0 Å². The van der Waals surface area contributed by atoms with Crippen molar-refractivity contribution in [3.63, 3.8) is 0 Å². The Morgan fingerprint density at radius 2 is 1.83 bits per heavy atom. The Morgan fingerprint density at radius 3 is 2.26 bits per heavy atom. The highest BCUT2D eigenvalue weighted by Gasteiger charge is 2.54. The van der Waals surface area contributed by atoms with Crippen molar-refractivity contribution in [3.05, 3.63) is 0 Å². The van der Waals surface area contributed by atoms with Crippen LogP contribution in [0.4, 0.5) is 4.39 Å². The van der Waals surface area contributed by atoms with Crippen LogP contribution in [0.3, 0.4) is 0 Å². The molecule has 1 unspecified atom stereocenters. The molecule has 0 aromatic heterocycles. The fourth-order valence-electron chi connectivity index (χ4n) is 2.75. The van der Waals surface area contributed by atoms with Crippen LogP contribution in [-0.4, -0.2) is 51.7 Å².